The Morgan fingerprint density at radius 3 is 2.71 bits per heavy atom. The number of nitrogens with zero attached hydrogens (tertiary/aromatic N) is 3. The zero-order chi connectivity index (χ0) is 19.1. The number of rotatable bonds is 3. The van der Waals surface area contributed by atoms with Crippen LogP contribution in [0.4, 0.5) is 0 Å². The molecule has 1 N–H and O–H groups in total. The van der Waals surface area contributed by atoms with E-state index in [0.29, 0.717) is 12.5 Å². The molecule has 150 valence electrons. The van der Waals surface area contributed by atoms with Gasteiger partial charge in [0.1, 0.15) is 0 Å². The maximum Gasteiger partial charge on any atom is 0.236 e. The first-order valence-corrected chi connectivity index (χ1v) is 11.0. The van der Waals surface area contributed by atoms with Crippen molar-refractivity contribution in [2.24, 2.45) is 5.92 Å². The average Bonchev–Trinajstić information content (AvgIpc) is 3.31. The van der Waals surface area contributed by atoms with Crippen LogP contribution in [0.3, 0.4) is 0 Å². The molecule has 28 heavy (non-hydrogen) atoms. The Bertz CT molecular complexity index is 851. The van der Waals surface area contributed by atoms with Gasteiger partial charge in [-0.3, -0.25) is 14.6 Å². The first-order chi connectivity index (χ1) is 13.7. The van der Waals surface area contributed by atoms with Gasteiger partial charge in [-0.25, -0.2) is 0 Å². The second kappa shape index (κ2) is 7.53. The average molecular weight is 381 g/mol. The van der Waals surface area contributed by atoms with E-state index >= 15 is 0 Å². The monoisotopic (exact) mass is 380 g/mol. The van der Waals surface area contributed by atoms with Gasteiger partial charge < -0.3 is 9.88 Å². The standard InChI is InChI=1S/C23H32N4O/c1-17-5-4-8-22(17)26-11-13-27(14-12-26)23(28)16-25-10-9-19-18-6-2-3-7-20(18)24-21(19)15-25/h2-3,6-7,17,22,24H,4-5,8-16H2,1H3. The molecule has 1 aromatic carbocycles. The predicted molar refractivity (Wildman–Crippen MR) is 112 cm³/mol. The largest absolute Gasteiger partial charge is 0.357 e. The molecule has 1 saturated carbocycles. The molecule has 0 spiro atoms. The van der Waals surface area contributed by atoms with Gasteiger partial charge in [-0.15, -0.1) is 0 Å². The molecule has 0 bridgehead atoms. The third-order valence-corrected chi connectivity index (χ3v) is 7.27. The van der Waals surface area contributed by atoms with Crippen LogP contribution >= 0.6 is 0 Å². The van der Waals surface area contributed by atoms with Crippen molar-refractivity contribution in [3.63, 3.8) is 0 Å². The van der Waals surface area contributed by atoms with Gasteiger partial charge in [0.25, 0.3) is 0 Å². The van der Waals surface area contributed by atoms with E-state index < -0.39 is 0 Å². The van der Waals surface area contributed by atoms with Crippen LogP contribution in [-0.2, 0) is 17.8 Å². The summed E-state index contributed by atoms with van der Waals surface area (Å²) in [6.07, 6.45) is 5.11. The predicted octanol–water partition coefficient (Wildman–Crippen LogP) is 2.86. The number of H-pyrrole nitrogens is 1. The van der Waals surface area contributed by atoms with Gasteiger partial charge >= 0.3 is 0 Å². The molecule has 2 aliphatic heterocycles. The van der Waals surface area contributed by atoms with Crippen LogP contribution in [0.2, 0.25) is 0 Å². The number of hydrogen-bond acceptors (Lipinski definition) is 3. The van der Waals surface area contributed by atoms with Crippen LogP contribution in [0.25, 0.3) is 10.9 Å². The quantitative estimate of drug-likeness (QED) is 0.890. The van der Waals surface area contributed by atoms with Crippen molar-refractivity contribution in [1.82, 2.24) is 19.7 Å². The number of nitrogens with one attached hydrogen (secondary N) is 1. The van der Waals surface area contributed by atoms with Crippen LogP contribution in [0.15, 0.2) is 24.3 Å². The van der Waals surface area contributed by atoms with Crippen molar-refractivity contribution in [3.8, 4) is 0 Å². The summed E-state index contributed by atoms with van der Waals surface area (Å²) in [5.74, 6) is 1.12. The van der Waals surface area contributed by atoms with Crippen molar-refractivity contribution in [2.45, 2.75) is 45.2 Å². The third-order valence-electron chi connectivity index (χ3n) is 7.27. The lowest BCUT2D eigenvalue weighted by Crippen LogP contribution is -2.54. The van der Waals surface area contributed by atoms with Crippen LogP contribution < -0.4 is 0 Å². The molecule has 2 atom stereocenters. The van der Waals surface area contributed by atoms with Crippen LogP contribution in [0.1, 0.15) is 37.4 Å². The van der Waals surface area contributed by atoms with Gasteiger partial charge in [0.05, 0.1) is 6.54 Å². The van der Waals surface area contributed by atoms with Crippen LogP contribution in [0, 0.1) is 5.92 Å². The van der Waals surface area contributed by atoms with Gasteiger partial charge in [0, 0.05) is 61.9 Å². The molecular weight excluding hydrogens is 348 g/mol. The minimum absolute atomic E-state index is 0.304. The van der Waals surface area contributed by atoms with E-state index in [9.17, 15) is 4.79 Å². The molecule has 2 fully saturated rings. The zero-order valence-corrected chi connectivity index (χ0v) is 17.0. The Kier molecular flexibility index (Phi) is 4.89. The molecule has 5 heteroatoms. The summed E-state index contributed by atoms with van der Waals surface area (Å²) in [6.45, 7) is 8.66. The van der Waals surface area contributed by atoms with Crippen molar-refractivity contribution >= 4 is 16.8 Å². The van der Waals surface area contributed by atoms with E-state index in [4.69, 9.17) is 0 Å². The maximum atomic E-state index is 12.9. The molecule has 0 radical (unpaired) electrons. The molecule has 5 nitrogen and oxygen atoms in total. The summed E-state index contributed by atoms with van der Waals surface area (Å²) in [4.78, 5) is 23.5. The number of carbonyl (C=O) groups is 1. The zero-order valence-electron chi connectivity index (χ0n) is 17.0. The number of aromatic amines is 1. The normalized spacial score (nSPS) is 26.7. The molecule has 1 saturated heterocycles. The second-order valence-corrected chi connectivity index (χ2v) is 8.98. The third kappa shape index (κ3) is 3.35. The SMILES string of the molecule is CC1CCCC1N1CCN(C(=O)CN2CCc3c([nH]c4ccccc34)C2)CC1. The fourth-order valence-corrected chi connectivity index (χ4v) is 5.65. The Hall–Kier alpha value is -1.85. The summed E-state index contributed by atoms with van der Waals surface area (Å²) >= 11 is 0. The number of fused-ring (bicyclic) bond motifs is 3. The molecule has 2 aromatic rings. The van der Waals surface area contributed by atoms with Gasteiger partial charge in [0.15, 0.2) is 0 Å². The first kappa shape index (κ1) is 18.2. The minimum Gasteiger partial charge on any atom is -0.357 e. The van der Waals surface area contributed by atoms with Crippen LogP contribution in [0.5, 0.6) is 0 Å². The highest BCUT2D eigenvalue weighted by Gasteiger charge is 2.32. The summed E-state index contributed by atoms with van der Waals surface area (Å²) in [5.41, 5.74) is 3.96. The van der Waals surface area contributed by atoms with E-state index in [2.05, 4.69) is 50.9 Å². The summed E-state index contributed by atoms with van der Waals surface area (Å²) in [6, 6.07) is 9.29. The molecule has 1 aromatic heterocycles. The smallest absolute Gasteiger partial charge is 0.236 e. The first-order valence-electron chi connectivity index (χ1n) is 11.0. The highest BCUT2D eigenvalue weighted by atomic mass is 16.2. The molecule has 1 amide bonds. The van der Waals surface area contributed by atoms with Gasteiger partial charge in [-0.05, 0) is 36.8 Å². The van der Waals surface area contributed by atoms with Gasteiger partial charge in [-0.2, -0.15) is 0 Å². The Morgan fingerprint density at radius 1 is 1.11 bits per heavy atom. The van der Waals surface area contributed by atoms with Crippen LogP contribution in [-0.4, -0.2) is 70.9 Å². The lowest BCUT2D eigenvalue weighted by atomic mass is 10.0. The lowest BCUT2D eigenvalue weighted by molar-refractivity contribution is -0.134. The topological polar surface area (TPSA) is 42.6 Å². The number of hydrogen-bond donors (Lipinski definition) is 1. The van der Waals surface area contributed by atoms with Crippen molar-refractivity contribution in [2.75, 3.05) is 39.3 Å². The van der Waals surface area contributed by atoms with Crippen molar-refractivity contribution in [1.29, 1.82) is 0 Å². The molecular formula is C23H32N4O. The fourth-order valence-electron chi connectivity index (χ4n) is 5.65. The number of aromatic nitrogens is 1. The summed E-state index contributed by atoms with van der Waals surface area (Å²) in [5, 5.41) is 1.35. The maximum absolute atomic E-state index is 12.9. The van der Waals surface area contributed by atoms with Crippen molar-refractivity contribution < 1.29 is 4.79 Å². The number of para-hydroxylation sites is 1. The van der Waals surface area contributed by atoms with Gasteiger partial charge in [-0.1, -0.05) is 31.5 Å². The number of amides is 1. The second-order valence-electron chi connectivity index (χ2n) is 8.98. The van der Waals surface area contributed by atoms with E-state index in [-0.39, 0.29) is 0 Å². The number of carbonyl (C=O) groups excluding carboxylic acids is 1. The lowest BCUT2D eigenvalue weighted by Gasteiger charge is -2.40. The minimum atomic E-state index is 0.304. The van der Waals surface area contributed by atoms with E-state index in [1.54, 1.807) is 0 Å². The molecule has 3 heterocycles. The summed E-state index contributed by atoms with van der Waals surface area (Å²) < 4.78 is 0. The fraction of sp³-hybridized carbons (Fsp3) is 0.609. The number of piperazine rings is 1. The molecule has 2 unspecified atom stereocenters. The molecule has 5 rings (SSSR count). The van der Waals surface area contributed by atoms with E-state index in [0.717, 1.165) is 57.6 Å². The summed E-state index contributed by atoms with van der Waals surface area (Å²) in [7, 11) is 0. The number of benzene rings is 1. The van der Waals surface area contributed by atoms with E-state index in [1.165, 1.54) is 41.4 Å². The van der Waals surface area contributed by atoms with Gasteiger partial charge in [0.2, 0.25) is 5.91 Å². The Labute approximate surface area is 167 Å². The van der Waals surface area contributed by atoms with Crippen molar-refractivity contribution in [3.05, 3.63) is 35.5 Å². The Balaban J connectivity index is 1.17. The highest BCUT2D eigenvalue weighted by Crippen LogP contribution is 2.30. The highest BCUT2D eigenvalue weighted by molar-refractivity contribution is 5.85. The molecule has 1 aliphatic carbocycles. The van der Waals surface area contributed by atoms with E-state index in [1.807, 2.05) is 0 Å². The Morgan fingerprint density at radius 2 is 1.93 bits per heavy atom. The molecule has 3 aliphatic rings.